The number of nitrogens with zero attached hydrogens (tertiary/aromatic N) is 1. The first-order valence-corrected chi connectivity index (χ1v) is 5.00. The monoisotopic (exact) mass is 205 g/mol. The van der Waals surface area contributed by atoms with Crippen LogP contribution in [0.2, 0.25) is 0 Å². The summed E-state index contributed by atoms with van der Waals surface area (Å²) in [5.41, 5.74) is 0.632. The first kappa shape index (κ1) is 10.2. The van der Waals surface area contributed by atoms with Gasteiger partial charge in [0.25, 0.3) is 5.91 Å². The summed E-state index contributed by atoms with van der Waals surface area (Å²) in [7, 11) is 3.49. The summed E-state index contributed by atoms with van der Waals surface area (Å²) in [6.07, 6.45) is -0.324. The lowest BCUT2D eigenvalue weighted by atomic mass is 9.97. The average Bonchev–Trinajstić information content (AvgIpc) is 2.92. The zero-order valence-electron chi connectivity index (χ0n) is 9.23. The van der Waals surface area contributed by atoms with Crippen LogP contribution in [0, 0.1) is 0 Å². The average molecular weight is 205 g/mol. The Morgan fingerprint density at radius 2 is 1.93 bits per heavy atom. The van der Waals surface area contributed by atoms with Gasteiger partial charge in [0.1, 0.15) is 5.60 Å². The second-order valence-electron chi connectivity index (χ2n) is 4.20. The minimum Gasteiger partial charge on any atom is -0.351 e. The molecular weight excluding hydrogens is 190 g/mol. The second kappa shape index (κ2) is 3.35. The Kier molecular flexibility index (Phi) is 2.27. The van der Waals surface area contributed by atoms with Gasteiger partial charge in [0.15, 0.2) is 6.10 Å². The summed E-state index contributed by atoms with van der Waals surface area (Å²) in [4.78, 5) is 13.3. The van der Waals surface area contributed by atoms with E-state index >= 15 is 0 Å². The van der Waals surface area contributed by atoms with Crippen LogP contribution in [0.3, 0.4) is 0 Å². The van der Waals surface area contributed by atoms with Gasteiger partial charge in [-0.2, -0.15) is 0 Å². The molecule has 0 radical (unpaired) electrons. The number of likely N-dealkylation sites (N-methyl/N-ethyl adjacent to an activating group) is 1. The number of amides is 1. The van der Waals surface area contributed by atoms with E-state index in [0.717, 1.165) is 5.56 Å². The van der Waals surface area contributed by atoms with Gasteiger partial charge in [-0.3, -0.25) is 4.79 Å². The third-order valence-corrected chi connectivity index (χ3v) is 2.82. The number of hydrogen-bond acceptors (Lipinski definition) is 2. The van der Waals surface area contributed by atoms with Gasteiger partial charge in [-0.05, 0) is 12.5 Å². The molecule has 1 saturated heterocycles. The van der Waals surface area contributed by atoms with Crippen LogP contribution >= 0.6 is 0 Å². The number of epoxide rings is 1. The topological polar surface area (TPSA) is 32.8 Å². The number of rotatable bonds is 2. The molecule has 1 heterocycles. The number of carbonyl (C=O) groups is 1. The van der Waals surface area contributed by atoms with Crippen molar-refractivity contribution in [2.75, 3.05) is 14.1 Å². The third-order valence-electron chi connectivity index (χ3n) is 2.82. The van der Waals surface area contributed by atoms with E-state index < -0.39 is 5.60 Å². The van der Waals surface area contributed by atoms with Gasteiger partial charge in [0.05, 0.1) is 0 Å². The normalized spacial score (nSPS) is 28.6. The van der Waals surface area contributed by atoms with Crippen molar-refractivity contribution in [3.8, 4) is 0 Å². The van der Waals surface area contributed by atoms with E-state index in [1.165, 1.54) is 0 Å². The first-order chi connectivity index (χ1) is 7.05. The minimum absolute atomic E-state index is 0.0290. The summed E-state index contributed by atoms with van der Waals surface area (Å²) in [5.74, 6) is 0.0290. The second-order valence-corrected chi connectivity index (χ2v) is 4.20. The van der Waals surface area contributed by atoms with Crippen LogP contribution < -0.4 is 0 Å². The summed E-state index contributed by atoms with van der Waals surface area (Å²) in [6, 6.07) is 9.85. The molecule has 3 heteroatoms. The maximum atomic E-state index is 11.7. The zero-order chi connectivity index (χ0) is 11.1. The lowest BCUT2D eigenvalue weighted by molar-refractivity contribution is -0.130. The van der Waals surface area contributed by atoms with E-state index in [1.807, 2.05) is 37.3 Å². The smallest absolute Gasteiger partial charge is 0.254 e. The Morgan fingerprint density at radius 3 is 2.47 bits per heavy atom. The Morgan fingerprint density at radius 1 is 1.33 bits per heavy atom. The minimum atomic E-state index is -0.428. The van der Waals surface area contributed by atoms with E-state index in [4.69, 9.17) is 4.74 Å². The first-order valence-electron chi connectivity index (χ1n) is 5.00. The number of benzene rings is 1. The Balaban J connectivity index is 2.17. The highest BCUT2D eigenvalue weighted by atomic mass is 16.6. The molecule has 0 spiro atoms. The molecule has 15 heavy (non-hydrogen) atoms. The van der Waals surface area contributed by atoms with Gasteiger partial charge in [-0.1, -0.05) is 30.3 Å². The summed E-state index contributed by atoms with van der Waals surface area (Å²) in [5, 5.41) is 0. The molecule has 0 aliphatic carbocycles. The zero-order valence-corrected chi connectivity index (χ0v) is 9.23. The Hall–Kier alpha value is -1.35. The largest absolute Gasteiger partial charge is 0.351 e. The van der Waals surface area contributed by atoms with E-state index in [9.17, 15) is 4.79 Å². The lowest BCUT2D eigenvalue weighted by Gasteiger charge is -2.10. The molecule has 0 bridgehead atoms. The van der Waals surface area contributed by atoms with Gasteiger partial charge in [0, 0.05) is 14.1 Å². The Bertz CT molecular complexity index is 374. The molecule has 1 aliphatic heterocycles. The van der Waals surface area contributed by atoms with Crippen molar-refractivity contribution >= 4 is 5.91 Å². The van der Waals surface area contributed by atoms with Crippen LogP contribution in [-0.4, -0.2) is 31.0 Å². The molecule has 1 fully saturated rings. The van der Waals surface area contributed by atoms with Crippen LogP contribution in [0.1, 0.15) is 12.5 Å². The summed E-state index contributed by atoms with van der Waals surface area (Å²) >= 11 is 0. The van der Waals surface area contributed by atoms with Crippen LogP contribution in [0.4, 0.5) is 0 Å². The summed E-state index contributed by atoms with van der Waals surface area (Å²) in [6.45, 7) is 1.95. The van der Waals surface area contributed by atoms with Crippen LogP contribution in [0.15, 0.2) is 30.3 Å². The van der Waals surface area contributed by atoms with E-state index in [2.05, 4.69) is 0 Å². The predicted octanol–water partition coefficient (Wildman–Crippen LogP) is 1.39. The fourth-order valence-electron chi connectivity index (χ4n) is 1.72. The van der Waals surface area contributed by atoms with Crippen LogP contribution in [0.5, 0.6) is 0 Å². The summed E-state index contributed by atoms with van der Waals surface area (Å²) < 4.78 is 5.52. The quantitative estimate of drug-likeness (QED) is 0.683. The highest BCUT2D eigenvalue weighted by Gasteiger charge is 2.58. The van der Waals surface area contributed by atoms with Crippen molar-refractivity contribution in [1.29, 1.82) is 0 Å². The number of ether oxygens (including phenoxy) is 1. The highest BCUT2D eigenvalue weighted by molar-refractivity contribution is 5.84. The number of carbonyl (C=O) groups excluding carboxylic acids is 1. The van der Waals surface area contributed by atoms with Gasteiger partial charge in [-0.15, -0.1) is 0 Å². The van der Waals surface area contributed by atoms with Crippen molar-refractivity contribution in [3.63, 3.8) is 0 Å². The van der Waals surface area contributed by atoms with Crippen molar-refractivity contribution in [1.82, 2.24) is 4.90 Å². The number of hydrogen-bond donors (Lipinski definition) is 0. The van der Waals surface area contributed by atoms with E-state index in [0.29, 0.717) is 0 Å². The molecule has 80 valence electrons. The molecule has 2 rings (SSSR count). The van der Waals surface area contributed by atoms with Crippen molar-refractivity contribution in [3.05, 3.63) is 35.9 Å². The van der Waals surface area contributed by atoms with Gasteiger partial charge >= 0.3 is 0 Å². The van der Waals surface area contributed by atoms with E-state index in [-0.39, 0.29) is 12.0 Å². The molecule has 3 nitrogen and oxygen atoms in total. The third kappa shape index (κ3) is 1.63. The molecule has 0 aromatic heterocycles. The maximum Gasteiger partial charge on any atom is 0.254 e. The maximum absolute atomic E-state index is 11.7. The van der Waals surface area contributed by atoms with Gasteiger partial charge < -0.3 is 9.64 Å². The molecule has 2 atom stereocenters. The molecule has 1 aromatic carbocycles. The molecule has 0 saturated carbocycles. The molecule has 0 unspecified atom stereocenters. The fraction of sp³-hybridized carbons (Fsp3) is 0.417. The van der Waals surface area contributed by atoms with Crippen LogP contribution in [-0.2, 0) is 15.1 Å². The molecule has 1 aliphatic rings. The predicted molar refractivity (Wildman–Crippen MR) is 57.4 cm³/mol. The van der Waals surface area contributed by atoms with Crippen molar-refractivity contribution in [2.45, 2.75) is 18.6 Å². The van der Waals surface area contributed by atoms with Gasteiger partial charge in [-0.25, -0.2) is 0 Å². The van der Waals surface area contributed by atoms with Gasteiger partial charge in [0.2, 0.25) is 0 Å². The Labute approximate surface area is 89.7 Å². The molecule has 0 N–H and O–H groups in total. The molecular formula is C12H15NO2. The molecule has 1 aromatic rings. The fourth-order valence-corrected chi connectivity index (χ4v) is 1.72. The lowest BCUT2D eigenvalue weighted by Crippen LogP contribution is -2.29. The van der Waals surface area contributed by atoms with Crippen LogP contribution in [0.25, 0.3) is 0 Å². The SMILES string of the molecule is CN(C)C(=O)[C@H]1O[C@]1(C)c1ccccc1. The molecule has 1 amide bonds. The van der Waals surface area contributed by atoms with Crippen molar-refractivity contribution in [2.24, 2.45) is 0 Å². The van der Waals surface area contributed by atoms with E-state index in [1.54, 1.807) is 19.0 Å². The van der Waals surface area contributed by atoms with Crippen molar-refractivity contribution < 1.29 is 9.53 Å². The highest BCUT2D eigenvalue weighted by Crippen LogP contribution is 2.46. The standard InChI is InChI=1S/C12H15NO2/c1-12(9-7-5-4-6-8-9)10(15-12)11(14)13(2)3/h4-8,10H,1-3H3/t10-,12-/m1/s1.